The van der Waals surface area contributed by atoms with Gasteiger partial charge in [-0.1, -0.05) is 20.8 Å². The van der Waals surface area contributed by atoms with Gasteiger partial charge in [-0.25, -0.2) is 0 Å². The Balaban J connectivity index is 1.50. The van der Waals surface area contributed by atoms with Crippen LogP contribution in [0.2, 0.25) is 0 Å². The summed E-state index contributed by atoms with van der Waals surface area (Å²) in [7, 11) is 0. The summed E-state index contributed by atoms with van der Waals surface area (Å²) in [4.78, 5) is 0. The van der Waals surface area contributed by atoms with Crippen LogP contribution in [0.3, 0.4) is 0 Å². The molecule has 0 amide bonds. The molecule has 3 fully saturated rings. The average Bonchev–Trinajstić information content (AvgIpc) is 2.83. The van der Waals surface area contributed by atoms with Gasteiger partial charge in [0.25, 0.3) is 0 Å². The van der Waals surface area contributed by atoms with Crippen LogP contribution in [0.25, 0.3) is 0 Å². The van der Waals surface area contributed by atoms with Crippen molar-refractivity contribution in [2.75, 3.05) is 6.54 Å². The first-order chi connectivity index (χ1) is 10.1. The summed E-state index contributed by atoms with van der Waals surface area (Å²) in [5.41, 5.74) is 0.195. The van der Waals surface area contributed by atoms with E-state index < -0.39 is 0 Å². The maximum absolute atomic E-state index is 4.68. The maximum atomic E-state index is 4.68. The Morgan fingerprint density at radius 1 is 1.05 bits per heavy atom. The number of nitrogens with one attached hydrogen (secondary N) is 1. The lowest BCUT2D eigenvalue weighted by Gasteiger charge is -2.34. The van der Waals surface area contributed by atoms with Crippen molar-refractivity contribution < 1.29 is 0 Å². The second-order valence-electron chi connectivity index (χ2n) is 8.83. The highest BCUT2D eigenvalue weighted by Gasteiger charge is 2.66. The molecule has 2 bridgehead atoms. The maximum Gasteiger partial charge on any atom is 0.150 e. The zero-order valence-electron chi connectivity index (χ0n) is 13.3. The zero-order chi connectivity index (χ0) is 14.4. The lowest BCUT2D eigenvalue weighted by molar-refractivity contribution is 0.231. The van der Waals surface area contributed by atoms with Gasteiger partial charge in [0.05, 0.1) is 6.04 Å². The van der Waals surface area contributed by atoms with Crippen LogP contribution in [-0.4, -0.2) is 21.3 Å². The van der Waals surface area contributed by atoms with E-state index in [0.29, 0.717) is 6.04 Å². The highest BCUT2D eigenvalue weighted by atomic mass is 15.3. The second-order valence-corrected chi connectivity index (χ2v) is 8.83. The standard InChI is InChI=1S/C17H26N4/c1-17(2,3)14-16-20-19-15(21(16)7-6-18-14)13-11-9-4-5-10(8-9)12(11)13/h9-14,18H,4-8H2,1-3H3. The highest BCUT2D eigenvalue weighted by molar-refractivity contribution is 5.26. The first kappa shape index (κ1) is 12.6. The zero-order valence-corrected chi connectivity index (χ0v) is 13.3. The lowest BCUT2D eigenvalue weighted by atomic mass is 9.85. The van der Waals surface area contributed by atoms with E-state index in [4.69, 9.17) is 0 Å². The smallest absolute Gasteiger partial charge is 0.150 e. The van der Waals surface area contributed by atoms with Gasteiger partial charge in [0.15, 0.2) is 5.82 Å². The van der Waals surface area contributed by atoms with Crippen molar-refractivity contribution in [3.05, 3.63) is 11.6 Å². The summed E-state index contributed by atoms with van der Waals surface area (Å²) in [5.74, 6) is 7.20. The van der Waals surface area contributed by atoms with Crippen LogP contribution >= 0.6 is 0 Å². The van der Waals surface area contributed by atoms with Crippen molar-refractivity contribution in [1.29, 1.82) is 0 Å². The van der Waals surface area contributed by atoms with E-state index in [1.165, 1.54) is 30.9 Å². The van der Waals surface area contributed by atoms with Crippen molar-refractivity contribution in [2.24, 2.45) is 29.1 Å². The quantitative estimate of drug-likeness (QED) is 0.863. The van der Waals surface area contributed by atoms with Gasteiger partial charge in [-0.2, -0.15) is 0 Å². The van der Waals surface area contributed by atoms with Crippen molar-refractivity contribution in [3.8, 4) is 0 Å². The van der Waals surface area contributed by atoms with Crippen LogP contribution < -0.4 is 5.32 Å². The van der Waals surface area contributed by atoms with Crippen LogP contribution in [-0.2, 0) is 6.54 Å². The van der Waals surface area contributed by atoms with E-state index in [9.17, 15) is 0 Å². The van der Waals surface area contributed by atoms with Gasteiger partial charge in [0.2, 0.25) is 0 Å². The Morgan fingerprint density at radius 3 is 2.38 bits per heavy atom. The first-order valence-electron chi connectivity index (χ1n) is 8.72. The molecule has 5 unspecified atom stereocenters. The second kappa shape index (κ2) is 3.89. The molecule has 0 spiro atoms. The van der Waals surface area contributed by atoms with E-state index in [1.54, 1.807) is 0 Å². The number of aromatic nitrogens is 3. The molecule has 1 aromatic rings. The van der Waals surface area contributed by atoms with Crippen LogP contribution in [0.4, 0.5) is 0 Å². The molecule has 4 nitrogen and oxygen atoms in total. The van der Waals surface area contributed by atoms with Crippen LogP contribution in [0.1, 0.15) is 63.6 Å². The number of hydrogen-bond donors (Lipinski definition) is 1. The number of nitrogens with zero attached hydrogens (tertiary/aromatic N) is 3. The highest BCUT2D eigenvalue weighted by Crippen LogP contribution is 2.72. The fraction of sp³-hybridized carbons (Fsp3) is 0.882. The summed E-state index contributed by atoms with van der Waals surface area (Å²) in [6.07, 6.45) is 4.48. The molecule has 0 saturated heterocycles. The lowest BCUT2D eigenvalue weighted by Crippen LogP contribution is -2.41. The molecule has 114 valence electrons. The van der Waals surface area contributed by atoms with Crippen LogP contribution in [0, 0.1) is 29.1 Å². The van der Waals surface area contributed by atoms with Gasteiger partial charge in [-0.05, 0) is 48.3 Å². The molecular weight excluding hydrogens is 260 g/mol. The van der Waals surface area contributed by atoms with E-state index >= 15 is 0 Å². The Hall–Kier alpha value is -0.900. The molecular formula is C17H26N4. The molecule has 1 aromatic heterocycles. The molecule has 0 aromatic carbocycles. The molecule has 3 aliphatic carbocycles. The first-order valence-corrected chi connectivity index (χ1v) is 8.72. The molecule has 1 aliphatic heterocycles. The topological polar surface area (TPSA) is 42.7 Å². The van der Waals surface area contributed by atoms with Gasteiger partial charge >= 0.3 is 0 Å². The summed E-state index contributed by atoms with van der Waals surface area (Å²) in [6.45, 7) is 8.98. The minimum absolute atomic E-state index is 0.195. The fourth-order valence-corrected chi connectivity index (χ4v) is 5.79. The van der Waals surface area contributed by atoms with Crippen molar-refractivity contribution in [2.45, 2.75) is 58.5 Å². The molecule has 0 radical (unpaired) electrons. The van der Waals surface area contributed by atoms with Crippen LogP contribution in [0.5, 0.6) is 0 Å². The fourth-order valence-electron chi connectivity index (χ4n) is 5.79. The molecule has 21 heavy (non-hydrogen) atoms. The van der Waals surface area contributed by atoms with E-state index in [-0.39, 0.29) is 5.41 Å². The minimum atomic E-state index is 0.195. The van der Waals surface area contributed by atoms with Gasteiger partial charge in [-0.3, -0.25) is 0 Å². The van der Waals surface area contributed by atoms with Crippen LogP contribution in [0.15, 0.2) is 0 Å². The third-order valence-electron chi connectivity index (χ3n) is 6.65. The average molecular weight is 286 g/mol. The number of hydrogen-bond acceptors (Lipinski definition) is 3. The third-order valence-corrected chi connectivity index (χ3v) is 6.65. The number of fused-ring (bicyclic) bond motifs is 6. The van der Waals surface area contributed by atoms with Gasteiger partial charge < -0.3 is 9.88 Å². The normalized spacial score (nSPS) is 43.8. The van der Waals surface area contributed by atoms with Gasteiger partial charge in [0, 0.05) is 19.0 Å². The minimum Gasteiger partial charge on any atom is -0.312 e. The van der Waals surface area contributed by atoms with Crippen molar-refractivity contribution >= 4 is 0 Å². The predicted octanol–water partition coefficient (Wildman–Crippen LogP) is 2.73. The van der Waals surface area contributed by atoms with Gasteiger partial charge in [-0.15, -0.1) is 10.2 Å². The summed E-state index contributed by atoms with van der Waals surface area (Å²) in [5, 5.41) is 12.9. The van der Waals surface area contributed by atoms with E-state index in [1.807, 2.05) is 0 Å². The van der Waals surface area contributed by atoms with Crippen molar-refractivity contribution in [3.63, 3.8) is 0 Å². The van der Waals surface area contributed by atoms with E-state index in [0.717, 1.165) is 42.7 Å². The monoisotopic (exact) mass is 286 g/mol. The molecule has 5 atom stereocenters. The molecule has 2 heterocycles. The molecule has 5 rings (SSSR count). The summed E-state index contributed by atoms with van der Waals surface area (Å²) >= 11 is 0. The molecule has 1 N–H and O–H groups in total. The molecule has 3 saturated carbocycles. The van der Waals surface area contributed by atoms with E-state index in [2.05, 4.69) is 40.9 Å². The Bertz CT molecular complexity index is 568. The Kier molecular flexibility index (Phi) is 2.34. The predicted molar refractivity (Wildman–Crippen MR) is 80.8 cm³/mol. The largest absolute Gasteiger partial charge is 0.312 e. The third kappa shape index (κ3) is 1.60. The summed E-state index contributed by atoms with van der Waals surface area (Å²) < 4.78 is 2.47. The SMILES string of the molecule is CC(C)(C)C1NCCn2c(C3C4C5CCC(C5)C34)nnc21. The summed E-state index contributed by atoms with van der Waals surface area (Å²) in [6, 6.07) is 0.336. The van der Waals surface area contributed by atoms with Crippen molar-refractivity contribution in [1.82, 2.24) is 20.1 Å². The Morgan fingerprint density at radius 2 is 1.71 bits per heavy atom. The van der Waals surface area contributed by atoms with Gasteiger partial charge in [0.1, 0.15) is 5.82 Å². The molecule has 4 aliphatic rings. The Labute approximate surface area is 126 Å². The molecule has 4 heteroatoms. The number of rotatable bonds is 1.